The number of quaternary nitrogens is 2. The Bertz CT molecular complexity index is 283. The second-order valence-corrected chi connectivity index (χ2v) is 31.0. The fourth-order valence-electron chi connectivity index (χ4n) is 2.51. The maximum atomic E-state index is 4.82. The van der Waals surface area contributed by atoms with E-state index in [0.29, 0.717) is 0 Å². The van der Waals surface area contributed by atoms with Crippen LogP contribution in [0.2, 0.25) is 78.6 Å². The van der Waals surface area contributed by atoms with Crippen molar-refractivity contribution in [3.63, 3.8) is 0 Å². The topological polar surface area (TPSA) is 37.1 Å². The van der Waals surface area contributed by atoms with Crippen molar-refractivity contribution in [2.75, 3.05) is 41.3 Å². The summed E-state index contributed by atoms with van der Waals surface area (Å²) in [6, 6.07) is 0. The quantitative estimate of drug-likeness (QED) is 0.546. The van der Waals surface area contributed by atoms with E-state index in [1.165, 1.54) is 22.9 Å². The molecule has 0 bridgehead atoms. The van der Waals surface area contributed by atoms with Crippen LogP contribution < -0.4 is 9.80 Å². The smallest absolute Gasteiger partial charge is 0.668 e. The Balaban J connectivity index is -0.000000145. The van der Waals surface area contributed by atoms with Crippen molar-refractivity contribution in [3.8, 4) is 0 Å². The van der Waals surface area contributed by atoms with E-state index in [0.717, 1.165) is 0 Å². The minimum atomic E-state index is -1.11. The molecule has 0 rings (SSSR count). The first-order valence-electron chi connectivity index (χ1n) is 10.1. The standard InChI is InChI=1S/C6H16N2.2C6H18NSi2.Mg/c1-7(2)5-6-8(3)4;2*1-8(2,3)7-9(4,5)6;/h5-6H2,1-4H3;2*1-6H3;/q;2*-1;+2/p+2. The fourth-order valence-corrected chi connectivity index (χ4v) is 18.6. The number of hydrogen-bond acceptors (Lipinski definition) is 0. The molecule has 0 aliphatic heterocycles. The minimum absolute atomic E-state index is 0. The Labute approximate surface area is 194 Å². The summed E-state index contributed by atoms with van der Waals surface area (Å²) < 4.78 is 9.64. The molecule has 0 aliphatic carbocycles. The normalized spacial score (nSPS) is 12.7. The molecule has 9 heteroatoms. The summed E-state index contributed by atoms with van der Waals surface area (Å²) in [6.45, 7) is 30.1. The molecule has 0 heterocycles. The molecule has 162 valence electrons. The van der Waals surface area contributed by atoms with Crippen LogP contribution in [0.1, 0.15) is 0 Å². The third kappa shape index (κ3) is 52.2. The van der Waals surface area contributed by atoms with E-state index < -0.39 is 32.9 Å². The molecule has 27 heavy (non-hydrogen) atoms. The fraction of sp³-hybridized carbons (Fsp3) is 1.00. The molecule has 0 unspecified atom stereocenters. The summed E-state index contributed by atoms with van der Waals surface area (Å²) in [5.74, 6) is 0. The molecular weight excluding hydrogens is 409 g/mol. The number of likely N-dealkylation sites (N-methyl/N-ethyl adjacent to an activating group) is 2. The van der Waals surface area contributed by atoms with Crippen LogP contribution in [0, 0.1) is 0 Å². The van der Waals surface area contributed by atoms with Gasteiger partial charge in [0, 0.05) is 0 Å². The van der Waals surface area contributed by atoms with Crippen LogP contribution in [0.5, 0.6) is 0 Å². The van der Waals surface area contributed by atoms with E-state index in [4.69, 9.17) is 9.30 Å². The van der Waals surface area contributed by atoms with Crippen LogP contribution >= 0.6 is 0 Å². The van der Waals surface area contributed by atoms with Crippen molar-refractivity contribution < 1.29 is 9.80 Å². The molecule has 4 nitrogen and oxygen atoms in total. The zero-order valence-corrected chi connectivity index (χ0v) is 27.4. The van der Waals surface area contributed by atoms with Crippen LogP contribution in [0.4, 0.5) is 0 Å². The Kier molecular flexibility index (Phi) is 20.3. The predicted molar refractivity (Wildman–Crippen MR) is 141 cm³/mol. The molecule has 0 aromatic heterocycles. The van der Waals surface area contributed by atoms with Gasteiger partial charge in [-0.25, -0.2) is 0 Å². The van der Waals surface area contributed by atoms with Gasteiger partial charge in [0.25, 0.3) is 0 Å². The summed E-state index contributed by atoms with van der Waals surface area (Å²) in [4.78, 5) is 3.07. The Morgan fingerprint density at radius 1 is 0.444 bits per heavy atom. The molecule has 0 saturated heterocycles. The largest absolute Gasteiger partial charge is 2.00 e. The van der Waals surface area contributed by atoms with Crippen LogP contribution in [0.25, 0.3) is 9.30 Å². The Hall–Kier alpha value is 1.47. The van der Waals surface area contributed by atoms with Crippen molar-refractivity contribution in [3.05, 3.63) is 9.30 Å². The van der Waals surface area contributed by atoms with Gasteiger partial charge in [0.15, 0.2) is 0 Å². The van der Waals surface area contributed by atoms with E-state index in [2.05, 4.69) is 107 Å². The van der Waals surface area contributed by atoms with Gasteiger partial charge in [-0.15, -0.1) is 0 Å². The van der Waals surface area contributed by atoms with Gasteiger partial charge in [-0.1, -0.05) is 112 Å². The molecule has 0 aromatic rings. The van der Waals surface area contributed by atoms with Gasteiger partial charge >= 0.3 is 23.1 Å². The summed E-state index contributed by atoms with van der Waals surface area (Å²) in [5, 5.41) is 0. The van der Waals surface area contributed by atoms with Crippen LogP contribution in [-0.2, 0) is 0 Å². The molecule has 0 aromatic carbocycles. The van der Waals surface area contributed by atoms with Gasteiger partial charge < -0.3 is 19.1 Å². The van der Waals surface area contributed by atoms with Gasteiger partial charge in [-0.2, -0.15) is 0 Å². The van der Waals surface area contributed by atoms with E-state index in [1.54, 1.807) is 0 Å². The molecule has 0 spiro atoms. The number of rotatable bonds is 7. The molecule has 0 radical (unpaired) electrons. The molecule has 0 fully saturated rings. The molecule has 0 saturated carbocycles. The average Bonchev–Trinajstić information content (AvgIpc) is 2.16. The van der Waals surface area contributed by atoms with Crippen molar-refractivity contribution >= 4 is 56.0 Å². The van der Waals surface area contributed by atoms with Crippen LogP contribution in [0.15, 0.2) is 0 Å². The summed E-state index contributed by atoms with van der Waals surface area (Å²) in [5.41, 5.74) is 0. The SMILES string of the molecule is C[NH+](C)CC[NH+](C)C.C[Si](C)(C)[N-][Si](C)(C)C.C[Si](C)(C)[N-][Si](C)(C)C.[Mg+2]. The predicted octanol–water partition coefficient (Wildman–Crippen LogP) is 2.95. The maximum absolute atomic E-state index is 4.82. The summed E-state index contributed by atoms with van der Waals surface area (Å²) in [7, 11) is 4.31. The van der Waals surface area contributed by atoms with Crippen LogP contribution in [0.3, 0.4) is 0 Å². The van der Waals surface area contributed by atoms with Gasteiger partial charge in [0.2, 0.25) is 0 Å². The maximum Gasteiger partial charge on any atom is 2.00 e. The van der Waals surface area contributed by atoms with E-state index in [9.17, 15) is 0 Å². The molecule has 2 N–H and O–H groups in total. The van der Waals surface area contributed by atoms with E-state index in [-0.39, 0.29) is 23.1 Å². The van der Waals surface area contributed by atoms with Crippen molar-refractivity contribution in [2.45, 2.75) is 78.6 Å². The van der Waals surface area contributed by atoms with Gasteiger partial charge in [0.1, 0.15) is 13.1 Å². The Morgan fingerprint density at radius 2 is 0.593 bits per heavy atom. The first kappa shape index (κ1) is 35.9. The second kappa shape index (κ2) is 15.3. The van der Waals surface area contributed by atoms with Crippen molar-refractivity contribution in [2.24, 2.45) is 0 Å². The minimum Gasteiger partial charge on any atom is -0.668 e. The molecule has 0 atom stereocenters. The zero-order chi connectivity index (χ0) is 22.0. The summed E-state index contributed by atoms with van der Waals surface area (Å²) in [6.07, 6.45) is 0. The third-order valence-electron chi connectivity index (χ3n) is 2.47. The van der Waals surface area contributed by atoms with Crippen LogP contribution in [-0.4, -0.2) is 97.3 Å². The first-order valence-corrected chi connectivity index (χ1v) is 23.9. The van der Waals surface area contributed by atoms with Gasteiger partial charge in [-0.05, 0) is 0 Å². The monoisotopic (exact) mass is 462 g/mol. The van der Waals surface area contributed by atoms with Gasteiger partial charge in [-0.3, -0.25) is 0 Å². The number of nitrogens with one attached hydrogen (secondary N) is 2. The van der Waals surface area contributed by atoms with Crippen molar-refractivity contribution in [1.82, 2.24) is 0 Å². The number of hydrogen-bond donors (Lipinski definition) is 2. The first-order chi connectivity index (χ1) is 11.0. The number of nitrogens with zero attached hydrogens (tertiary/aromatic N) is 2. The second-order valence-electron chi connectivity index (χ2n) is 11.8. The van der Waals surface area contributed by atoms with E-state index in [1.807, 2.05) is 0 Å². The zero-order valence-electron chi connectivity index (χ0n) is 22.0. The summed E-state index contributed by atoms with van der Waals surface area (Å²) >= 11 is 0. The molecule has 0 amide bonds. The Morgan fingerprint density at radius 3 is 0.630 bits per heavy atom. The van der Waals surface area contributed by atoms with E-state index >= 15 is 0 Å². The van der Waals surface area contributed by atoms with Crippen molar-refractivity contribution in [1.29, 1.82) is 0 Å². The van der Waals surface area contributed by atoms with Gasteiger partial charge in [0.05, 0.1) is 28.2 Å². The molecular formula is C18H54MgN4Si4+2. The third-order valence-corrected chi connectivity index (χ3v) is 13.2. The molecule has 0 aliphatic rings. The average molecular weight is 463 g/mol.